The maximum atomic E-state index is 13.1. The zero-order valence-electron chi connectivity index (χ0n) is 19.0. The zero-order valence-corrected chi connectivity index (χ0v) is 19.0. The molecule has 6 nitrogen and oxygen atoms in total. The van der Waals surface area contributed by atoms with E-state index in [9.17, 15) is 9.59 Å². The van der Waals surface area contributed by atoms with Gasteiger partial charge in [-0.25, -0.2) is 0 Å². The number of hydrogen-bond donors (Lipinski definition) is 2. The molecule has 1 saturated heterocycles. The van der Waals surface area contributed by atoms with E-state index < -0.39 is 5.54 Å². The Kier molecular flexibility index (Phi) is 6.61. The Morgan fingerprint density at radius 1 is 1.11 bits per heavy atom. The van der Waals surface area contributed by atoms with Crippen LogP contribution in [0.4, 0.5) is 0 Å². The molecular formula is C21H39BN2O4. The third kappa shape index (κ3) is 5.09. The molecule has 2 rings (SSSR count). The molecule has 0 aromatic heterocycles. The summed E-state index contributed by atoms with van der Waals surface area (Å²) in [5.74, 6) is -0.0866. The first-order chi connectivity index (χ1) is 12.7. The quantitative estimate of drug-likeness (QED) is 0.677. The average Bonchev–Trinajstić information content (AvgIpc) is 2.96. The van der Waals surface area contributed by atoms with Crippen molar-refractivity contribution in [1.82, 2.24) is 10.6 Å². The fourth-order valence-corrected chi connectivity index (χ4v) is 4.37. The van der Waals surface area contributed by atoms with Crippen LogP contribution >= 0.6 is 0 Å². The first kappa shape index (κ1) is 23.2. The first-order valence-electron chi connectivity index (χ1n) is 10.7. The van der Waals surface area contributed by atoms with Gasteiger partial charge in [0.1, 0.15) is 5.54 Å². The van der Waals surface area contributed by atoms with E-state index in [4.69, 9.17) is 9.31 Å². The van der Waals surface area contributed by atoms with E-state index in [1.165, 1.54) is 6.92 Å². The zero-order chi connectivity index (χ0) is 21.4. The maximum Gasteiger partial charge on any atom is 0.457 e. The minimum Gasteiger partial charge on any atom is -0.403 e. The van der Waals surface area contributed by atoms with Crippen LogP contribution in [0.1, 0.15) is 87.5 Å². The molecule has 0 bridgehead atoms. The molecule has 2 fully saturated rings. The smallest absolute Gasteiger partial charge is 0.403 e. The Labute approximate surface area is 171 Å². The Bertz CT molecular complexity index is 584. The Morgan fingerprint density at radius 3 is 2.18 bits per heavy atom. The van der Waals surface area contributed by atoms with Crippen molar-refractivity contribution in [2.75, 3.05) is 0 Å². The first-order valence-corrected chi connectivity index (χ1v) is 10.7. The summed E-state index contributed by atoms with van der Waals surface area (Å²) in [5, 5.41) is 6.11. The summed E-state index contributed by atoms with van der Waals surface area (Å²) in [7, 11) is -0.218. The average molecular weight is 394 g/mol. The molecule has 2 amide bonds. The number of amides is 2. The molecule has 1 heterocycles. The van der Waals surface area contributed by atoms with E-state index in [-0.39, 0.29) is 41.6 Å². The van der Waals surface area contributed by atoms with Crippen LogP contribution in [0, 0.1) is 5.92 Å². The SMILES string of the molecule is CC(=O)N[C@@]1(C(=O)NC(C)(C)C)CCC[C@H]1CCCB1OC(C)(C)C(C)(C)O1. The molecule has 160 valence electrons. The largest absolute Gasteiger partial charge is 0.457 e. The van der Waals surface area contributed by atoms with Gasteiger partial charge in [-0.2, -0.15) is 0 Å². The van der Waals surface area contributed by atoms with Crippen LogP contribution in [0.3, 0.4) is 0 Å². The van der Waals surface area contributed by atoms with Gasteiger partial charge in [-0.15, -0.1) is 0 Å². The van der Waals surface area contributed by atoms with Crippen molar-refractivity contribution >= 4 is 18.9 Å². The van der Waals surface area contributed by atoms with E-state index in [1.54, 1.807) is 0 Å². The van der Waals surface area contributed by atoms with Crippen molar-refractivity contribution in [2.24, 2.45) is 5.92 Å². The lowest BCUT2D eigenvalue weighted by Gasteiger charge is -2.37. The van der Waals surface area contributed by atoms with E-state index >= 15 is 0 Å². The molecule has 0 aromatic carbocycles. The van der Waals surface area contributed by atoms with Gasteiger partial charge in [0.15, 0.2) is 0 Å². The molecule has 0 radical (unpaired) electrons. The molecule has 0 spiro atoms. The van der Waals surface area contributed by atoms with Gasteiger partial charge in [-0.1, -0.05) is 12.8 Å². The minimum absolute atomic E-state index is 0.0617. The highest BCUT2D eigenvalue weighted by molar-refractivity contribution is 6.45. The molecule has 2 atom stereocenters. The van der Waals surface area contributed by atoms with E-state index in [1.807, 2.05) is 20.8 Å². The number of hydrogen-bond acceptors (Lipinski definition) is 4. The highest BCUT2D eigenvalue weighted by Gasteiger charge is 2.52. The van der Waals surface area contributed by atoms with Crippen LogP contribution in [-0.4, -0.2) is 41.2 Å². The Morgan fingerprint density at radius 2 is 1.68 bits per heavy atom. The molecule has 1 aliphatic heterocycles. The van der Waals surface area contributed by atoms with Gasteiger partial charge in [0.25, 0.3) is 0 Å². The van der Waals surface area contributed by atoms with E-state index in [0.29, 0.717) is 6.42 Å². The fourth-order valence-electron chi connectivity index (χ4n) is 4.37. The van der Waals surface area contributed by atoms with Gasteiger partial charge in [-0.3, -0.25) is 9.59 Å². The van der Waals surface area contributed by atoms with Crippen molar-refractivity contribution in [3.63, 3.8) is 0 Å². The predicted octanol–water partition coefficient (Wildman–Crippen LogP) is 3.45. The third-order valence-corrected chi connectivity index (χ3v) is 6.41. The van der Waals surface area contributed by atoms with Crippen LogP contribution < -0.4 is 10.6 Å². The van der Waals surface area contributed by atoms with Crippen molar-refractivity contribution in [3.05, 3.63) is 0 Å². The molecule has 1 saturated carbocycles. The maximum absolute atomic E-state index is 13.1. The monoisotopic (exact) mass is 394 g/mol. The van der Waals surface area contributed by atoms with Crippen LogP contribution in [0.2, 0.25) is 6.32 Å². The molecule has 1 aliphatic carbocycles. The molecule has 0 unspecified atom stereocenters. The fraction of sp³-hybridized carbons (Fsp3) is 0.905. The van der Waals surface area contributed by atoms with Gasteiger partial charge in [0.2, 0.25) is 11.8 Å². The summed E-state index contributed by atoms with van der Waals surface area (Å²) in [5.41, 5.74) is -1.79. The second-order valence-corrected chi connectivity index (χ2v) is 10.6. The predicted molar refractivity (Wildman–Crippen MR) is 112 cm³/mol. The third-order valence-electron chi connectivity index (χ3n) is 6.41. The Hall–Kier alpha value is -1.08. The molecule has 28 heavy (non-hydrogen) atoms. The molecule has 2 N–H and O–H groups in total. The van der Waals surface area contributed by atoms with E-state index in [0.717, 1.165) is 32.0 Å². The van der Waals surface area contributed by atoms with Crippen LogP contribution in [0.25, 0.3) is 0 Å². The second-order valence-electron chi connectivity index (χ2n) is 10.6. The van der Waals surface area contributed by atoms with Gasteiger partial charge in [0.05, 0.1) is 11.2 Å². The number of rotatable bonds is 6. The van der Waals surface area contributed by atoms with Crippen molar-refractivity contribution in [1.29, 1.82) is 0 Å². The highest BCUT2D eigenvalue weighted by Crippen LogP contribution is 2.41. The summed E-state index contributed by atoms with van der Waals surface area (Å²) in [6.07, 6.45) is 5.13. The highest BCUT2D eigenvalue weighted by atomic mass is 16.7. The van der Waals surface area contributed by atoms with Gasteiger partial charge in [0, 0.05) is 12.5 Å². The lowest BCUT2D eigenvalue weighted by molar-refractivity contribution is -0.135. The molecular weight excluding hydrogens is 355 g/mol. The van der Waals surface area contributed by atoms with Gasteiger partial charge >= 0.3 is 7.12 Å². The van der Waals surface area contributed by atoms with E-state index in [2.05, 4.69) is 38.3 Å². The van der Waals surface area contributed by atoms with Crippen LogP contribution in [0.15, 0.2) is 0 Å². The summed E-state index contributed by atoms with van der Waals surface area (Å²) >= 11 is 0. The number of carbonyl (C=O) groups excluding carboxylic acids is 2. The summed E-state index contributed by atoms with van der Waals surface area (Å²) in [6.45, 7) is 15.6. The molecule has 0 aromatic rings. The summed E-state index contributed by atoms with van der Waals surface area (Å²) in [4.78, 5) is 25.1. The normalized spacial score (nSPS) is 29.0. The molecule has 2 aliphatic rings. The second kappa shape index (κ2) is 7.98. The van der Waals surface area contributed by atoms with Crippen LogP contribution in [-0.2, 0) is 18.9 Å². The minimum atomic E-state index is -0.810. The lowest BCUT2D eigenvalue weighted by Crippen LogP contribution is -2.63. The molecule has 7 heteroatoms. The van der Waals surface area contributed by atoms with Crippen molar-refractivity contribution in [2.45, 2.75) is 116 Å². The van der Waals surface area contributed by atoms with Gasteiger partial charge < -0.3 is 19.9 Å². The number of carbonyl (C=O) groups is 2. The standard InChI is InChI=1S/C21H39BN2O4/c1-15(25)23-21(17(26)24-18(2,3)4)13-9-11-16(21)12-10-14-22-27-19(5,6)20(7,8)28-22/h16H,9-14H2,1-8H3,(H,23,25)(H,24,26)/t16-,21-/m0/s1. The van der Waals surface area contributed by atoms with Crippen molar-refractivity contribution in [3.8, 4) is 0 Å². The van der Waals surface area contributed by atoms with Gasteiger partial charge in [-0.05, 0) is 80.0 Å². The topological polar surface area (TPSA) is 76.7 Å². The summed E-state index contributed by atoms with van der Waals surface area (Å²) < 4.78 is 12.2. The lowest BCUT2D eigenvalue weighted by atomic mass is 9.77. The van der Waals surface area contributed by atoms with Crippen molar-refractivity contribution < 1.29 is 18.9 Å². The summed E-state index contributed by atoms with van der Waals surface area (Å²) in [6, 6.07) is 0. The number of nitrogens with one attached hydrogen (secondary N) is 2. The Balaban J connectivity index is 2.02. The van der Waals surface area contributed by atoms with Crippen LogP contribution in [0.5, 0.6) is 0 Å².